The number of halogens is 3. The summed E-state index contributed by atoms with van der Waals surface area (Å²) in [4.78, 5) is 12.2. The molecule has 1 N–H and O–H groups in total. The van der Waals surface area contributed by atoms with Crippen LogP contribution in [-0.4, -0.2) is 31.5 Å². The van der Waals surface area contributed by atoms with Gasteiger partial charge in [-0.1, -0.05) is 47.7 Å². The monoisotopic (exact) mass is 443 g/mol. The van der Waals surface area contributed by atoms with Crippen molar-refractivity contribution in [3.8, 4) is 11.3 Å². The van der Waals surface area contributed by atoms with Crippen LogP contribution in [0.5, 0.6) is 0 Å². The Hall–Kier alpha value is -3.40. The molecule has 0 spiro atoms. The molecule has 4 aromatic rings. The Balaban J connectivity index is 1.47. The highest BCUT2D eigenvalue weighted by Crippen LogP contribution is 2.30. The first-order chi connectivity index (χ1) is 14.8. The number of benzene rings is 2. The number of nitrogens with zero attached hydrogens (tertiary/aromatic N) is 4. The molecule has 6 nitrogen and oxygen atoms in total. The SMILES string of the molecule is Cc1ccc(-c2ccc3nnc(SCC(=O)Nc4cccc(C(F)(F)F)c4)n3n2)cc1. The van der Waals surface area contributed by atoms with E-state index in [1.165, 1.54) is 16.6 Å². The first-order valence-corrected chi connectivity index (χ1v) is 10.2. The molecule has 0 unspecified atom stereocenters. The van der Waals surface area contributed by atoms with Gasteiger partial charge in [0.2, 0.25) is 11.1 Å². The number of carbonyl (C=O) groups is 1. The van der Waals surface area contributed by atoms with Crippen LogP contribution in [-0.2, 0) is 11.0 Å². The van der Waals surface area contributed by atoms with Gasteiger partial charge in [0.25, 0.3) is 0 Å². The smallest absolute Gasteiger partial charge is 0.325 e. The Morgan fingerprint density at radius 2 is 1.84 bits per heavy atom. The summed E-state index contributed by atoms with van der Waals surface area (Å²) in [5, 5.41) is 15.5. The van der Waals surface area contributed by atoms with Gasteiger partial charge in [-0.05, 0) is 37.3 Å². The lowest BCUT2D eigenvalue weighted by Crippen LogP contribution is -2.15. The minimum Gasteiger partial charge on any atom is -0.325 e. The molecule has 2 heterocycles. The van der Waals surface area contributed by atoms with Crippen molar-refractivity contribution in [1.82, 2.24) is 19.8 Å². The molecule has 0 aliphatic rings. The predicted molar refractivity (Wildman–Crippen MR) is 112 cm³/mol. The van der Waals surface area contributed by atoms with Crippen LogP contribution in [0.1, 0.15) is 11.1 Å². The lowest BCUT2D eigenvalue weighted by Gasteiger charge is -2.09. The van der Waals surface area contributed by atoms with Crippen LogP contribution in [0.2, 0.25) is 0 Å². The summed E-state index contributed by atoms with van der Waals surface area (Å²) < 4.78 is 40.0. The van der Waals surface area contributed by atoms with Gasteiger partial charge in [-0.3, -0.25) is 4.79 Å². The normalized spacial score (nSPS) is 11.6. The van der Waals surface area contributed by atoms with Crippen LogP contribution in [0, 0.1) is 6.92 Å². The number of thioether (sulfide) groups is 1. The van der Waals surface area contributed by atoms with E-state index >= 15 is 0 Å². The first-order valence-electron chi connectivity index (χ1n) is 9.19. The van der Waals surface area contributed by atoms with E-state index in [2.05, 4.69) is 20.6 Å². The van der Waals surface area contributed by atoms with E-state index in [0.717, 1.165) is 40.7 Å². The van der Waals surface area contributed by atoms with Crippen molar-refractivity contribution in [1.29, 1.82) is 0 Å². The Labute approximate surface area is 179 Å². The maximum absolute atomic E-state index is 12.8. The molecule has 31 heavy (non-hydrogen) atoms. The highest BCUT2D eigenvalue weighted by atomic mass is 32.2. The Kier molecular flexibility index (Phi) is 5.64. The van der Waals surface area contributed by atoms with Crippen LogP contribution in [0.25, 0.3) is 16.9 Å². The zero-order chi connectivity index (χ0) is 22.0. The molecule has 2 aromatic carbocycles. The molecular weight excluding hydrogens is 427 g/mol. The third kappa shape index (κ3) is 4.85. The van der Waals surface area contributed by atoms with Gasteiger partial charge in [-0.15, -0.1) is 10.2 Å². The van der Waals surface area contributed by atoms with Crippen molar-refractivity contribution < 1.29 is 18.0 Å². The van der Waals surface area contributed by atoms with Crippen molar-refractivity contribution in [3.05, 3.63) is 71.8 Å². The fourth-order valence-electron chi connectivity index (χ4n) is 2.84. The average Bonchev–Trinajstić information content (AvgIpc) is 3.15. The van der Waals surface area contributed by atoms with Crippen molar-refractivity contribution in [2.75, 3.05) is 11.1 Å². The van der Waals surface area contributed by atoms with Gasteiger partial charge < -0.3 is 5.32 Å². The number of carbonyl (C=O) groups excluding carboxylic acids is 1. The lowest BCUT2D eigenvalue weighted by atomic mass is 10.1. The van der Waals surface area contributed by atoms with Crippen molar-refractivity contribution >= 4 is 29.0 Å². The van der Waals surface area contributed by atoms with Gasteiger partial charge in [0.1, 0.15) is 0 Å². The number of aromatic nitrogens is 4. The second kappa shape index (κ2) is 8.38. The maximum atomic E-state index is 12.8. The molecule has 0 radical (unpaired) electrons. The van der Waals surface area contributed by atoms with Crippen molar-refractivity contribution in [2.45, 2.75) is 18.3 Å². The second-order valence-electron chi connectivity index (χ2n) is 6.75. The molecule has 0 bridgehead atoms. The van der Waals surface area contributed by atoms with Gasteiger partial charge in [-0.25, -0.2) is 0 Å². The van der Waals surface area contributed by atoms with E-state index in [9.17, 15) is 18.0 Å². The molecule has 158 valence electrons. The highest BCUT2D eigenvalue weighted by Gasteiger charge is 2.30. The van der Waals surface area contributed by atoms with Gasteiger partial charge in [0.15, 0.2) is 5.65 Å². The molecule has 2 aromatic heterocycles. The summed E-state index contributed by atoms with van der Waals surface area (Å²) in [6.45, 7) is 2.00. The minimum atomic E-state index is -4.48. The maximum Gasteiger partial charge on any atom is 0.416 e. The zero-order valence-corrected chi connectivity index (χ0v) is 17.0. The minimum absolute atomic E-state index is 0.0620. The Bertz CT molecular complexity index is 1240. The summed E-state index contributed by atoms with van der Waals surface area (Å²) in [6, 6.07) is 16.0. The topological polar surface area (TPSA) is 72.2 Å². The number of hydrogen-bond acceptors (Lipinski definition) is 5. The molecule has 1 amide bonds. The largest absolute Gasteiger partial charge is 0.416 e. The van der Waals surface area contributed by atoms with Crippen LogP contribution < -0.4 is 5.32 Å². The summed E-state index contributed by atoms with van der Waals surface area (Å²) >= 11 is 1.09. The molecule has 10 heteroatoms. The van der Waals surface area contributed by atoms with Crippen molar-refractivity contribution in [3.63, 3.8) is 0 Å². The fourth-order valence-corrected chi connectivity index (χ4v) is 3.53. The van der Waals surface area contributed by atoms with Crippen molar-refractivity contribution in [2.24, 2.45) is 0 Å². The highest BCUT2D eigenvalue weighted by molar-refractivity contribution is 7.99. The predicted octanol–water partition coefficient (Wildman–Crippen LogP) is 4.85. The number of amides is 1. The van der Waals surface area contributed by atoms with E-state index in [4.69, 9.17) is 0 Å². The summed E-state index contributed by atoms with van der Waals surface area (Å²) in [5.74, 6) is -0.524. The standard InChI is InChI=1S/C21H16F3N5OS/c1-13-5-7-14(8-6-13)17-9-10-18-26-27-20(29(18)28-17)31-12-19(30)25-16-4-2-3-15(11-16)21(22,23)24/h2-11H,12H2,1H3,(H,25,30). The molecule has 0 saturated carbocycles. The van der Waals surface area contributed by atoms with Gasteiger partial charge >= 0.3 is 6.18 Å². The van der Waals surface area contributed by atoms with Crippen LogP contribution in [0.15, 0.2) is 65.8 Å². The fraction of sp³-hybridized carbons (Fsp3) is 0.143. The number of rotatable bonds is 5. The third-order valence-electron chi connectivity index (χ3n) is 4.39. The molecule has 0 fully saturated rings. The molecule has 0 atom stereocenters. The van der Waals surface area contributed by atoms with Gasteiger partial charge in [-0.2, -0.15) is 22.8 Å². The number of nitrogens with one attached hydrogen (secondary N) is 1. The number of hydrogen-bond donors (Lipinski definition) is 1. The van der Waals surface area contributed by atoms with Gasteiger partial charge in [0, 0.05) is 11.3 Å². The average molecular weight is 443 g/mol. The van der Waals surface area contributed by atoms with E-state index in [0.29, 0.717) is 10.8 Å². The van der Waals surface area contributed by atoms with Gasteiger partial charge in [0.05, 0.1) is 17.0 Å². The van der Waals surface area contributed by atoms with Crippen LogP contribution in [0.4, 0.5) is 18.9 Å². The number of aryl methyl sites for hydroxylation is 1. The van der Waals surface area contributed by atoms with Crippen LogP contribution in [0.3, 0.4) is 0 Å². The number of fused-ring (bicyclic) bond motifs is 1. The number of anilines is 1. The Morgan fingerprint density at radius 3 is 2.58 bits per heavy atom. The number of alkyl halides is 3. The quantitative estimate of drug-likeness (QED) is 0.447. The molecular formula is C21H16F3N5OS. The van der Waals surface area contributed by atoms with E-state index in [-0.39, 0.29) is 11.4 Å². The Morgan fingerprint density at radius 1 is 1.06 bits per heavy atom. The third-order valence-corrected chi connectivity index (χ3v) is 5.31. The lowest BCUT2D eigenvalue weighted by molar-refractivity contribution is -0.137. The van der Waals surface area contributed by atoms with Crippen LogP contribution >= 0.6 is 11.8 Å². The van der Waals surface area contributed by atoms with E-state index in [1.807, 2.05) is 37.3 Å². The van der Waals surface area contributed by atoms with E-state index < -0.39 is 17.6 Å². The zero-order valence-electron chi connectivity index (χ0n) is 16.2. The summed E-state index contributed by atoms with van der Waals surface area (Å²) in [6.07, 6.45) is -4.48. The molecule has 0 saturated heterocycles. The molecule has 0 aliphatic heterocycles. The second-order valence-corrected chi connectivity index (χ2v) is 7.70. The first kappa shape index (κ1) is 20.9. The summed E-state index contributed by atoms with van der Waals surface area (Å²) in [7, 11) is 0. The molecule has 0 aliphatic carbocycles. The van der Waals surface area contributed by atoms with E-state index in [1.54, 1.807) is 6.07 Å². The molecule has 4 rings (SSSR count). The summed E-state index contributed by atoms with van der Waals surface area (Å²) in [5.41, 5.74) is 2.57.